The zero-order valence-electron chi connectivity index (χ0n) is 15.3. The van der Waals surface area contributed by atoms with Gasteiger partial charge in [0.2, 0.25) is 0 Å². The van der Waals surface area contributed by atoms with Crippen LogP contribution in [0.15, 0.2) is 24.3 Å². The SMILES string of the molecule is CCN1CCN(c2ccc(C(=O)NCC3(O)CCCCC3)cc2)CC1. The fourth-order valence-electron chi connectivity index (χ4n) is 3.88. The summed E-state index contributed by atoms with van der Waals surface area (Å²) in [5, 5.41) is 13.4. The maximum Gasteiger partial charge on any atom is 0.251 e. The molecule has 2 N–H and O–H groups in total. The molecule has 1 saturated carbocycles. The summed E-state index contributed by atoms with van der Waals surface area (Å²) >= 11 is 0. The summed E-state index contributed by atoms with van der Waals surface area (Å²) in [5.74, 6) is -0.0960. The van der Waals surface area contributed by atoms with E-state index in [9.17, 15) is 9.90 Å². The van der Waals surface area contributed by atoms with Gasteiger partial charge in [0.05, 0.1) is 5.60 Å². The minimum atomic E-state index is -0.715. The van der Waals surface area contributed by atoms with Gasteiger partial charge in [-0.25, -0.2) is 0 Å². The molecule has 1 heterocycles. The Kier molecular flexibility index (Phi) is 5.97. The zero-order valence-corrected chi connectivity index (χ0v) is 15.3. The van der Waals surface area contributed by atoms with Crippen molar-refractivity contribution in [2.75, 3.05) is 44.2 Å². The Labute approximate surface area is 151 Å². The predicted octanol–water partition coefficient (Wildman–Crippen LogP) is 2.25. The maximum atomic E-state index is 12.4. The molecule has 2 aliphatic rings. The minimum Gasteiger partial charge on any atom is -0.388 e. The number of nitrogens with zero attached hydrogens (tertiary/aromatic N) is 2. The summed E-state index contributed by atoms with van der Waals surface area (Å²) < 4.78 is 0. The minimum absolute atomic E-state index is 0.0960. The molecule has 1 aromatic carbocycles. The van der Waals surface area contributed by atoms with E-state index in [4.69, 9.17) is 0 Å². The predicted molar refractivity (Wildman–Crippen MR) is 101 cm³/mol. The fraction of sp³-hybridized carbons (Fsp3) is 0.650. The molecular formula is C20H31N3O2. The second kappa shape index (κ2) is 8.19. The molecule has 1 aliphatic carbocycles. The number of carbonyl (C=O) groups excluding carboxylic acids is 1. The van der Waals surface area contributed by atoms with Crippen LogP contribution in [0.5, 0.6) is 0 Å². The van der Waals surface area contributed by atoms with Crippen LogP contribution in [0.25, 0.3) is 0 Å². The number of benzene rings is 1. The molecule has 1 aliphatic heterocycles. The molecule has 0 aromatic heterocycles. The van der Waals surface area contributed by atoms with Crippen molar-refractivity contribution in [3.63, 3.8) is 0 Å². The fourth-order valence-corrected chi connectivity index (χ4v) is 3.88. The molecule has 0 atom stereocenters. The van der Waals surface area contributed by atoms with Gasteiger partial charge < -0.3 is 20.2 Å². The van der Waals surface area contributed by atoms with E-state index in [0.29, 0.717) is 12.1 Å². The number of nitrogens with one attached hydrogen (secondary N) is 1. The quantitative estimate of drug-likeness (QED) is 0.859. The Bertz CT molecular complexity index is 559. The first-order valence-electron chi connectivity index (χ1n) is 9.68. The molecule has 0 unspecified atom stereocenters. The highest BCUT2D eigenvalue weighted by Gasteiger charge is 2.29. The molecule has 1 aromatic rings. The standard InChI is InChI=1S/C20H31N3O2/c1-2-22-12-14-23(15-13-22)18-8-6-17(7-9-18)19(24)21-16-20(25)10-4-3-5-11-20/h6-9,25H,2-5,10-16H2,1H3,(H,21,24). The van der Waals surface area contributed by atoms with E-state index in [1.54, 1.807) is 0 Å². The first kappa shape index (κ1) is 18.2. The van der Waals surface area contributed by atoms with Gasteiger partial charge in [-0.2, -0.15) is 0 Å². The van der Waals surface area contributed by atoms with Gasteiger partial charge in [-0.3, -0.25) is 4.79 Å². The molecule has 2 fully saturated rings. The van der Waals surface area contributed by atoms with E-state index in [1.165, 1.54) is 12.1 Å². The summed E-state index contributed by atoms with van der Waals surface area (Å²) in [6.07, 6.45) is 4.86. The lowest BCUT2D eigenvalue weighted by atomic mass is 9.85. The van der Waals surface area contributed by atoms with Crippen LogP contribution in [0.3, 0.4) is 0 Å². The summed E-state index contributed by atoms with van der Waals surface area (Å²) in [5.41, 5.74) is 1.13. The Morgan fingerprint density at radius 1 is 1.08 bits per heavy atom. The first-order chi connectivity index (χ1) is 12.1. The summed E-state index contributed by atoms with van der Waals surface area (Å²) in [7, 11) is 0. The van der Waals surface area contributed by atoms with Crippen LogP contribution in [0, 0.1) is 0 Å². The third-order valence-corrected chi connectivity index (χ3v) is 5.68. The van der Waals surface area contributed by atoms with Crippen LogP contribution in [-0.2, 0) is 0 Å². The smallest absolute Gasteiger partial charge is 0.251 e. The highest BCUT2D eigenvalue weighted by molar-refractivity contribution is 5.94. The van der Waals surface area contributed by atoms with Crippen molar-refractivity contribution in [3.8, 4) is 0 Å². The van der Waals surface area contributed by atoms with Crippen molar-refractivity contribution in [1.29, 1.82) is 0 Å². The monoisotopic (exact) mass is 345 g/mol. The van der Waals surface area contributed by atoms with Gasteiger partial charge >= 0.3 is 0 Å². The summed E-state index contributed by atoms with van der Waals surface area (Å²) in [6, 6.07) is 7.85. The average molecular weight is 345 g/mol. The Morgan fingerprint density at radius 2 is 1.72 bits per heavy atom. The molecule has 1 saturated heterocycles. The lowest BCUT2D eigenvalue weighted by Gasteiger charge is -2.35. The van der Waals surface area contributed by atoms with E-state index in [2.05, 4.69) is 22.0 Å². The molecule has 0 radical (unpaired) electrons. The first-order valence-corrected chi connectivity index (χ1v) is 9.68. The Balaban J connectivity index is 1.52. The maximum absolute atomic E-state index is 12.4. The van der Waals surface area contributed by atoms with Crippen LogP contribution in [0.1, 0.15) is 49.4 Å². The third kappa shape index (κ3) is 4.73. The number of likely N-dealkylation sites (N-methyl/N-ethyl adjacent to an activating group) is 1. The van der Waals surface area contributed by atoms with Gasteiger partial charge in [0.25, 0.3) is 5.91 Å². The van der Waals surface area contributed by atoms with E-state index in [1.807, 2.05) is 24.3 Å². The second-order valence-corrected chi connectivity index (χ2v) is 7.44. The van der Waals surface area contributed by atoms with Crippen molar-refractivity contribution in [3.05, 3.63) is 29.8 Å². The number of carbonyl (C=O) groups is 1. The largest absolute Gasteiger partial charge is 0.388 e. The van der Waals surface area contributed by atoms with Crippen molar-refractivity contribution < 1.29 is 9.90 Å². The number of rotatable bonds is 5. The van der Waals surface area contributed by atoms with E-state index >= 15 is 0 Å². The molecule has 0 bridgehead atoms. The van der Waals surface area contributed by atoms with Gasteiger partial charge in [-0.1, -0.05) is 26.2 Å². The number of hydrogen-bond donors (Lipinski definition) is 2. The molecule has 138 valence electrons. The van der Waals surface area contributed by atoms with Gasteiger partial charge in [0.1, 0.15) is 0 Å². The van der Waals surface area contributed by atoms with E-state index in [-0.39, 0.29) is 5.91 Å². The van der Waals surface area contributed by atoms with Crippen LogP contribution < -0.4 is 10.2 Å². The van der Waals surface area contributed by atoms with Crippen LogP contribution in [0.4, 0.5) is 5.69 Å². The lowest BCUT2D eigenvalue weighted by molar-refractivity contribution is 0.00526. The summed E-state index contributed by atoms with van der Waals surface area (Å²) in [4.78, 5) is 17.2. The van der Waals surface area contributed by atoms with Crippen LogP contribution >= 0.6 is 0 Å². The van der Waals surface area contributed by atoms with Gasteiger partial charge in [-0.15, -0.1) is 0 Å². The number of hydrogen-bond acceptors (Lipinski definition) is 4. The highest BCUT2D eigenvalue weighted by Crippen LogP contribution is 2.27. The van der Waals surface area contributed by atoms with E-state index in [0.717, 1.165) is 58.4 Å². The third-order valence-electron chi connectivity index (χ3n) is 5.68. The zero-order chi connectivity index (χ0) is 17.7. The van der Waals surface area contributed by atoms with Crippen LogP contribution in [-0.4, -0.2) is 60.8 Å². The second-order valence-electron chi connectivity index (χ2n) is 7.44. The highest BCUT2D eigenvalue weighted by atomic mass is 16.3. The summed E-state index contributed by atoms with van der Waals surface area (Å²) in [6.45, 7) is 7.92. The van der Waals surface area contributed by atoms with Crippen molar-refractivity contribution in [2.24, 2.45) is 0 Å². The van der Waals surface area contributed by atoms with Gasteiger partial charge in [0.15, 0.2) is 0 Å². The Hall–Kier alpha value is -1.59. The lowest BCUT2D eigenvalue weighted by Crippen LogP contribution is -2.46. The normalized spacial score (nSPS) is 21.1. The molecule has 1 amide bonds. The van der Waals surface area contributed by atoms with Crippen molar-refractivity contribution >= 4 is 11.6 Å². The number of anilines is 1. The molecule has 3 rings (SSSR count). The van der Waals surface area contributed by atoms with Gasteiger partial charge in [-0.05, 0) is 43.7 Å². The molecule has 0 spiro atoms. The average Bonchev–Trinajstić information content (AvgIpc) is 2.67. The molecular weight excluding hydrogens is 314 g/mol. The van der Waals surface area contributed by atoms with Crippen molar-refractivity contribution in [1.82, 2.24) is 10.2 Å². The molecule has 5 heteroatoms. The van der Waals surface area contributed by atoms with Crippen molar-refractivity contribution in [2.45, 2.75) is 44.6 Å². The topological polar surface area (TPSA) is 55.8 Å². The number of amides is 1. The van der Waals surface area contributed by atoms with E-state index < -0.39 is 5.60 Å². The van der Waals surface area contributed by atoms with Gasteiger partial charge in [0, 0.05) is 44.0 Å². The Morgan fingerprint density at radius 3 is 2.32 bits per heavy atom. The van der Waals surface area contributed by atoms with Crippen LogP contribution in [0.2, 0.25) is 0 Å². The molecule has 5 nitrogen and oxygen atoms in total. The number of aliphatic hydroxyl groups is 1. The number of piperazine rings is 1. The molecule has 25 heavy (non-hydrogen) atoms.